The van der Waals surface area contributed by atoms with Crippen LogP contribution in [0.3, 0.4) is 0 Å². The summed E-state index contributed by atoms with van der Waals surface area (Å²) < 4.78 is 5.74. The Balaban J connectivity index is 1.57. The largest absolute Gasteiger partial charge is 0.405 e. The average Bonchev–Trinajstić information content (AvgIpc) is 2.83. The Morgan fingerprint density at radius 3 is 2.66 bits per heavy atom. The molecule has 1 aromatic rings. The first-order valence-corrected chi connectivity index (χ1v) is 11.5. The fraction of sp³-hybridized carbons (Fsp3) is 0.542. The second-order valence-electron chi connectivity index (χ2n) is 8.33. The molecule has 0 amide bonds. The van der Waals surface area contributed by atoms with Gasteiger partial charge in [-0.3, -0.25) is 14.9 Å². The molecule has 2 aliphatic rings. The molecule has 174 valence electrons. The zero-order valence-corrected chi connectivity index (χ0v) is 19.4. The molecule has 1 aromatic carbocycles. The lowest BCUT2D eigenvalue weighted by Gasteiger charge is -2.36. The van der Waals surface area contributed by atoms with Crippen molar-refractivity contribution >= 4 is 23.3 Å². The number of hydrogen-bond donors (Lipinski definition) is 2. The predicted molar refractivity (Wildman–Crippen MR) is 134 cm³/mol. The Hall–Kier alpha value is -2.71. The number of benzene rings is 1. The second-order valence-corrected chi connectivity index (χ2v) is 8.33. The zero-order valence-electron chi connectivity index (χ0n) is 19.4. The highest BCUT2D eigenvalue weighted by Gasteiger charge is 2.19. The van der Waals surface area contributed by atoms with Crippen molar-refractivity contribution < 1.29 is 4.74 Å². The molecule has 2 aliphatic heterocycles. The third-order valence-corrected chi connectivity index (χ3v) is 6.12. The molecule has 0 bridgehead atoms. The molecule has 4 N–H and O–H groups in total. The number of rotatable bonds is 8. The number of ether oxygens (including phenoxy) is 1. The number of piperazine rings is 1. The van der Waals surface area contributed by atoms with E-state index in [9.17, 15) is 0 Å². The van der Waals surface area contributed by atoms with Crippen LogP contribution in [0.4, 0.5) is 5.69 Å². The van der Waals surface area contributed by atoms with Gasteiger partial charge in [-0.15, -0.1) is 0 Å². The zero-order chi connectivity index (χ0) is 22.8. The first kappa shape index (κ1) is 23.9. The quantitative estimate of drug-likeness (QED) is 0.366. The molecule has 8 nitrogen and oxygen atoms in total. The lowest BCUT2D eigenvalue weighted by Crippen LogP contribution is -2.47. The second kappa shape index (κ2) is 12.4. The van der Waals surface area contributed by atoms with Crippen LogP contribution in [0.25, 0.3) is 0 Å². The molecule has 0 radical (unpaired) electrons. The average molecular weight is 440 g/mol. The molecular weight excluding hydrogens is 402 g/mol. The fourth-order valence-electron chi connectivity index (χ4n) is 4.21. The Kier molecular flexibility index (Phi) is 9.25. The van der Waals surface area contributed by atoms with Gasteiger partial charge in [0.25, 0.3) is 0 Å². The van der Waals surface area contributed by atoms with Crippen LogP contribution in [0, 0.1) is 6.92 Å². The van der Waals surface area contributed by atoms with E-state index in [0.717, 1.165) is 69.0 Å². The summed E-state index contributed by atoms with van der Waals surface area (Å²) in [5, 5.41) is 3.99. The lowest BCUT2D eigenvalue weighted by molar-refractivity contribution is 0.0226. The van der Waals surface area contributed by atoms with Gasteiger partial charge in [0.2, 0.25) is 0 Å². The predicted octanol–water partition coefficient (Wildman–Crippen LogP) is 1.96. The Bertz CT molecular complexity index is 848. The van der Waals surface area contributed by atoms with E-state index in [1.807, 2.05) is 13.1 Å². The maximum absolute atomic E-state index is 5.74. The van der Waals surface area contributed by atoms with E-state index in [-0.39, 0.29) is 6.10 Å². The van der Waals surface area contributed by atoms with Gasteiger partial charge in [0.05, 0.1) is 12.6 Å². The van der Waals surface area contributed by atoms with Crippen molar-refractivity contribution in [3.8, 4) is 0 Å². The summed E-state index contributed by atoms with van der Waals surface area (Å²) in [5.41, 5.74) is 10.6. The summed E-state index contributed by atoms with van der Waals surface area (Å²) in [4.78, 5) is 13.7. The number of aryl methyl sites for hydroxylation is 1. The van der Waals surface area contributed by atoms with E-state index in [1.165, 1.54) is 12.1 Å². The minimum atomic E-state index is 0.215. The standard InChI is InChI=1S/C24H37N7O/c1-19-15-21(31-12-10-30(11-13-31)18-20(27-2)8-9-25)6-7-23(19)24(29-26)17-28-16-22-5-3-4-14-32-22/h6-9,15,17,22H,3-5,10-14,16,18,25-26H2,1-2H3/b9-8-,27-20?,28-17?,29-24+. The van der Waals surface area contributed by atoms with Crippen LogP contribution in [0.2, 0.25) is 0 Å². The summed E-state index contributed by atoms with van der Waals surface area (Å²) >= 11 is 0. The molecule has 1 unspecified atom stereocenters. The number of anilines is 1. The van der Waals surface area contributed by atoms with Gasteiger partial charge >= 0.3 is 0 Å². The molecule has 0 spiro atoms. The molecule has 3 rings (SSSR count). The van der Waals surface area contributed by atoms with E-state index in [0.29, 0.717) is 12.3 Å². The van der Waals surface area contributed by atoms with Gasteiger partial charge in [-0.25, -0.2) is 0 Å². The highest BCUT2D eigenvalue weighted by Crippen LogP contribution is 2.21. The van der Waals surface area contributed by atoms with E-state index in [2.05, 4.69) is 50.0 Å². The molecule has 2 saturated heterocycles. The Labute approximate surface area is 191 Å². The Morgan fingerprint density at radius 2 is 2.03 bits per heavy atom. The van der Waals surface area contributed by atoms with Gasteiger partial charge in [-0.1, -0.05) is 6.07 Å². The number of hydrogen-bond acceptors (Lipinski definition) is 8. The highest BCUT2D eigenvalue weighted by atomic mass is 16.5. The topological polar surface area (TPSA) is 105 Å². The van der Waals surface area contributed by atoms with Crippen molar-refractivity contribution in [1.29, 1.82) is 0 Å². The summed E-state index contributed by atoms with van der Waals surface area (Å²) in [6.07, 6.45) is 8.85. The molecule has 1 atom stereocenters. The first-order valence-electron chi connectivity index (χ1n) is 11.5. The minimum absolute atomic E-state index is 0.215. The molecular formula is C24H37N7O. The summed E-state index contributed by atoms with van der Waals surface area (Å²) in [6.45, 7) is 8.36. The summed E-state index contributed by atoms with van der Waals surface area (Å²) in [6, 6.07) is 6.46. The maximum atomic E-state index is 5.74. The smallest absolute Gasteiger partial charge is 0.108 e. The van der Waals surface area contributed by atoms with E-state index < -0.39 is 0 Å². The van der Waals surface area contributed by atoms with Gasteiger partial charge in [-0.05, 0) is 56.2 Å². The minimum Gasteiger partial charge on any atom is -0.405 e. The number of aliphatic imine (C=N–C) groups is 2. The van der Waals surface area contributed by atoms with Crippen molar-refractivity contribution in [2.24, 2.45) is 26.7 Å². The van der Waals surface area contributed by atoms with E-state index in [4.69, 9.17) is 16.3 Å². The molecule has 0 aromatic heterocycles. The van der Waals surface area contributed by atoms with Crippen molar-refractivity contribution in [3.05, 3.63) is 41.6 Å². The SMILES string of the molecule is CN=C(/C=C\N)CN1CCN(c2ccc(/C(C=NCC3CCCCO3)=N/N)c(C)c2)CC1. The lowest BCUT2D eigenvalue weighted by atomic mass is 10.0. The third-order valence-electron chi connectivity index (χ3n) is 6.12. The van der Waals surface area contributed by atoms with Gasteiger partial charge < -0.3 is 21.2 Å². The normalized spacial score (nSPS) is 21.7. The van der Waals surface area contributed by atoms with Crippen molar-refractivity contribution in [3.63, 3.8) is 0 Å². The molecule has 32 heavy (non-hydrogen) atoms. The maximum Gasteiger partial charge on any atom is 0.108 e. The number of hydrazone groups is 1. The van der Waals surface area contributed by atoms with Gasteiger partial charge in [-0.2, -0.15) is 5.10 Å². The van der Waals surface area contributed by atoms with Crippen molar-refractivity contribution in [2.75, 3.05) is 57.8 Å². The van der Waals surface area contributed by atoms with Crippen molar-refractivity contribution in [2.45, 2.75) is 32.3 Å². The monoisotopic (exact) mass is 439 g/mol. The summed E-state index contributed by atoms with van der Waals surface area (Å²) in [7, 11) is 1.81. The van der Waals surface area contributed by atoms with Crippen LogP contribution < -0.4 is 16.5 Å². The van der Waals surface area contributed by atoms with Gasteiger partial charge in [0, 0.05) is 69.6 Å². The first-order chi connectivity index (χ1) is 15.6. The van der Waals surface area contributed by atoms with Gasteiger partial charge in [0.15, 0.2) is 0 Å². The number of nitrogens with zero attached hydrogens (tertiary/aromatic N) is 5. The van der Waals surface area contributed by atoms with Gasteiger partial charge in [0.1, 0.15) is 5.71 Å². The molecule has 8 heteroatoms. The van der Waals surface area contributed by atoms with Crippen LogP contribution in [0.15, 0.2) is 45.6 Å². The van der Waals surface area contributed by atoms with Crippen LogP contribution in [-0.2, 0) is 4.74 Å². The Morgan fingerprint density at radius 1 is 1.22 bits per heavy atom. The van der Waals surface area contributed by atoms with Crippen LogP contribution in [-0.4, -0.2) is 81.6 Å². The van der Waals surface area contributed by atoms with Crippen LogP contribution in [0.1, 0.15) is 30.4 Å². The van der Waals surface area contributed by atoms with Crippen LogP contribution in [0.5, 0.6) is 0 Å². The molecule has 0 aliphatic carbocycles. The number of nitrogens with two attached hydrogens (primary N) is 2. The fourth-order valence-corrected chi connectivity index (χ4v) is 4.21. The van der Waals surface area contributed by atoms with E-state index >= 15 is 0 Å². The molecule has 0 saturated carbocycles. The molecule has 2 heterocycles. The molecule has 2 fully saturated rings. The highest BCUT2D eigenvalue weighted by molar-refractivity contribution is 6.38. The van der Waals surface area contributed by atoms with Crippen molar-refractivity contribution in [1.82, 2.24) is 4.90 Å². The van der Waals surface area contributed by atoms with E-state index in [1.54, 1.807) is 12.4 Å². The third kappa shape index (κ3) is 6.64. The van der Waals surface area contributed by atoms with Crippen LogP contribution >= 0.6 is 0 Å². The summed E-state index contributed by atoms with van der Waals surface area (Å²) in [5.74, 6) is 5.69.